The van der Waals surface area contributed by atoms with Crippen LogP contribution >= 0.6 is 11.3 Å². The summed E-state index contributed by atoms with van der Waals surface area (Å²) in [7, 11) is 1.74. The molecule has 0 saturated heterocycles. The number of rotatable bonds is 12. The van der Waals surface area contributed by atoms with E-state index in [1.165, 1.54) is 62.7 Å². The van der Waals surface area contributed by atoms with Crippen molar-refractivity contribution in [3.05, 3.63) is 21.9 Å². The van der Waals surface area contributed by atoms with E-state index in [0.29, 0.717) is 0 Å². The van der Waals surface area contributed by atoms with Crippen molar-refractivity contribution in [2.24, 2.45) is 0 Å². The van der Waals surface area contributed by atoms with Crippen LogP contribution in [0.5, 0.6) is 0 Å². The Hall–Kier alpha value is -0.860. The molecule has 0 bridgehead atoms. The Balaban J connectivity index is 2.23. The maximum atomic E-state index is 10.2. The smallest absolute Gasteiger partial charge is 0.106 e. The molecule has 1 aromatic rings. The average molecular weight is 352 g/mol. The highest BCUT2D eigenvalue weighted by atomic mass is 32.1. The van der Waals surface area contributed by atoms with Gasteiger partial charge in [-0.25, -0.2) is 0 Å². The minimum atomic E-state index is -0.687. The molecule has 2 unspecified atom stereocenters. The summed E-state index contributed by atoms with van der Waals surface area (Å²) < 4.78 is 0. The first-order chi connectivity index (χ1) is 11.7. The Morgan fingerprint density at radius 2 is 1.79 bits per heavy atom. The second-order valence-electron chi connectivity index (χ2n) is 6.29. The van der Waals surface area contributed by atoms with Gasteiger partial charge < -0.3 is 15.5 Å². The van der Waals surface area contributed by atoms with Gasteiger partial charge in [-0.3, -0.25) is 0 Å². The van der Waals surface area contributed by atoms with Crippen molar-refractivity contribution in [2.75, 3.05) is 13.7 Å². The number of aliphatic hydroxyl groups is 2. The molecule has 2 atom stereocenters. The lowest BCUT2D eigenvalue weighted by atomic mass is 10.1. The minimum absolute atomic E-state index is 0.0883. The van der Waals surface area contributed by atoms with Gasteiger partial charge in [0.1, 0.15) is 6.10 Å². The van der Waals surface area contributed by atoms with E-state index in [1.807, 2.05) is 11.4 Å². The summed E-state index contributed by atoms with van der Waals surface area (Å²) >= 11 is 1.49. The lowest BCUT2D eigenvalue weighted by molar-refractivity contribution is 0.0969. The van der Waals surface area contributed by atoms with Crippen LogP contribution in [0.2, 0.25) is 0 Å². The van der Waals surface area contributed by atoms with Crippen LogP contribution in [0.4, 0.5) is 0 Å². The van der Waals surface area contributed by atoms with Gasteiger partial charge in [-0.2, -0.15) is 0 Å². The van der Waals surface area contributed by atoms with Crippen LogP contribution in [-0.4, -0.2) is 29.9 Å². The number of aliphatic hydroxyl groups excluding tert-OH is 2. The van der Waals surface area contributed by atoms with Crippen LogP contribution in [-0.2, 0) is 0 Å². The van der Waals surface area contributed by atoms with E-state index in [-0.39, 0.29) is 12.6 Å². The summed E-state index contributed by atoms with van der Waals surface area (Å²) in [4.78, 5) is 0.847. The number of unbranched alkanes of at least 4 members (excludes halogenated alkanes) is 8. The molecule has 0 aliphatic heterocycles. The molecule has 3 N–H and O–H groups in total. The van der Waals surface area contributed by atoms with Crippen LogP contribution in [0, 0.1) is 11.8 Å². The van der Waals surface area contributed by atoms with E-state index in [4.69, 9.17) is 0 Å². The Labute approximate surface area is 151 Å². The molecule has 0 aliphatic rings. The Kier molecular flexibility index (Phi) is 11.9. The van der Waals surface area contributed by atoms with Crippen LogP contribution in [0.1, 0.15) is 81.3 Å². The fourth-order valence-corrected chi connectivity index (χ4v) is 3.52. The third kappa shape index (κ3) is 8.30. The summed E-state index contributed by atoms with van der Waals surface area (Å²) in [6, 6.07) is 1.59. The maximum absolute atomic E-state index is 10.2. The largest absolute Gasteiger partial charge is 0.395 e. The fraction of sp³-hybridized carbons (Fsp3) is 0.700. The lowest BCUT2D eigenvalue weighted by Crippen LogP contribution is -2.35. The molecule has 1 rings (SSSR count). The van der Waals surface area contributed by atoms with Crippen molar-refractivity contribution in [1.82, 2.24) is 5.32 Å². The van der Waals surface area contributed by atoms with Crippen LogP contribution in [0.15, 0.2) is 11.4 Å². The number of nitrogens with one attached hydrogen (secondary N) is 1. The van der Waals surface area contributed by atoms with Crippen molar-refractivity contribution in [3.63, 3.8) is 0 Å². The molecular weight excluding hydrogens is 318 g/mol. The molecule has 3 nitrogen and oxygen atoms in total. The van der Waals surface area contributed by atoms with Crippen molar-refractivity contribution in [2.45, 2.75) is 76.9 Å². The van der Waals surface area contributed by atoms with Gasteiger partial charge in [0.05, 0.1) is 12.6 Å². The number of hydrogen-bond acceptors (Lipinski definition) is 4. The highest BCUT2D eigenvalue weighted by Crippen LogP contribution is 2.24. The highest BCUT2D eigenvalue weighted by Gasteiger charge is 2.19. The van der Waals surface area contributed by atoms with E-state index in [9.17, 15) is 10.2 Å². The normalized spacial score (nSPS) is 13.3. The molecule has 0 saturated carbocycles. The first-order valence-electron chi connectivity index (χ1n) is 9.26. The molecule has 0 fully saturated rings. The van der Waals surface area contributed by atoms with Crippen molar-refractivity contribution in [1.29, 1.82) is 0 Å². The number of likely N-dealkylation sites (N-methyl/N-ethyl adjacent to an activating group) is 1. The van der Waals surface area contributed by atoms with E-state index in [2.05, 4.69) is 24.1 Å². The molecule has 136 valence electrons. The summed E-state index contributed by atoms with van der Waals surface area (Å²) in [5, 5.41) is 24.3. The van der Waals surface area contributed by atoms with E-state index < -0.39 is 6.10 Å². The quantitative estimate of drug-likeness (QED) is 0.390. The number of thiophene rings is 1. The topological polar surface area (TPSA) is 52.5 Å². The van der Waals surface area contributed by atoms with E-state index >= 15 is 0 Å². The minimum Gasteiger partial charge on any atom is -0.395 e. The SMILES string of the molecule is CCCCCCCCCCC#Cc1csc(C(O)C(CO)NC)c1. The van der Waals surface area contributed by atoms with E-state index in [1.54, 1.807) is 7.05 Å². The highest BCUT2D eigenvalue weighted by molar-refractivity contribution is 7.10. The van der Waals surface area contributed by atoms with Crippen molar-refractivity contribution >= 4 is 11.3 Å². The van der Waals surface area contributed by atoms with Crippen LogP contribution in [0.25, 0.3) is 0 Å². The summed E-state index contributed by atoms with van der Waals surface area (Å²) in [6.45, 7) is 2.16. The molecule has 0 radical (unpaired) electrons. The van der Waals surface area contributed by atoms with Crippen LogP contribution in [0.3, 0.4) is 0 Å². The van der Waals surface area contributed by atoms with Gasteiger partial charge >= 0.3 is 0 Å². The summed E-state index contributed by atoms with van der Waals surface area (Å²) in [5.74, 6) is 6.41. The zero-order valence-electron chi connectivity index (χ0n) is 15.2. The van der Waals surface area contributed by atoms with Crippen molar-refractivity contribution in [3.8, 4) is 11.8 Å². The van der Waals surface area contributed by atoms with Gasteiger partial charge in [0, 0.05) is 22.2 Å². The summed E-state index contributed by atoms with van der Waals surface area (Å²) in [5.41, 5.74) is 0.960. The Morgan fingerprint density at radius 3 is 2.42 bits per heavy atom. The van der Waals surface area contributed by atoms with Gasteiger partial charge in [-0.05, 0) is 19.5 Å². The van der Waals surface area contributed by atoms with Gasteiger partial charge in [-0.15, -0.1) is 11.3 Å². The van der Waals surface area contributed by atoms with E-state index in [0.717, 1.165) is 16.9 Å². The molecule has 0 amide bonds. The van der Waals surface area contributed by atoms with Gasteiger partial charge in [0.2, 0.25) is 0 Å². The summed E-state index contributed by atoms with van der Waals surface area (Å²) in [6.07, 6.45) is 10.8. The second-order valence-corrected chi connectivity index (χ2v) is 7.23. The van der Waals surface area contributed by atoms with Gasteiger partial charge in [0.15, 0.2) is 0 Å². The average Bonchev–Trinajstić information content (AvgIpc) is 3.06. The molecule has 0 aliphatic carbocycles. The molecular formula is C20H33NO2S. The molecule has 1 heterocycles. The lowest BCUT2D eigenvalue weighted by Gasteiger charge is -2.18. The Morgan fingerprint density at radius 1 is 1.12 bits per heavy atom. The molecule has 1 aromatic heterocycles. The third-order valence-corrected chi connectivity index (χ3v) is 5.25. The molecule has 4 heteroatoms. The van der Waals surface area contributed by atoms with Gasteiger partial charge in [-0.1, -0.05) is 63.7 Å². The monoisotopic (exact) mass is 351 g/mol. The molecule has 24 heavy (non-hydrogen) atoms. The molecule has 0 aromatic carbocycles. The second kappa shape index (κ2) is 13.4. The Bertz CT molecular complexity index is 485. The fourth-order valence-electron chi connectivity index (χ4n) is 2.63. The zero-order valence-corrected chi connectivity index (χ0v) is 16.0. The predicted octanol–water partition coefficient (Wildman–Crippen LogP) is 4.24. The first kappa shape index (κ1) is 21.2. The first-order valence-corrected chi connectivity index (χ1v) is 10.1. The standard InChI is InChI=1S/C20H33NO2S/c1-3-4-5-6-7-8-9-10-11-12-13-17-14-19(24-16-17)20(23)18(15-22)21-2/h14,16,18,20-23H,3-11,15H2,1-2H3. The van der Waals surface area contributed by atoms with Crippen molar-refractivity contribution < 1.29 is 10.2 Å². The third-order valence-electron chi connectivity index (χ3n) is 4.25. The molecule has 0 spiro atoms. The van der Waals surface area contributed by atoms with Gasteiger partial charge in [0.25, 0.3) is 0 Å². The predicted molar refractivity (Wildman–Crippen MR) is 103 cm³/mol. The van der Waals surface area contributed by atoms with Crippen LogP contribution < -0.4 is 5.32 Å². The number of hydrogen-bond donors (Lipinski definition) is 3. The zero-order chi connectivity index (χ0) is 17.6. The maximum Gasteiger partial charge on any atom is 0.106 e.